The number of benzene rings is 1. The van der Waals surface area contributed by atoms with E-state index in [9.17, 15) is 13.2 Å². The zero-order valence-corrected chi connectivity index (χ0v) is 10.7. The molecule has 1 aliphatic heterocycles. The molecule has 5 heteroatoms. The summed E-state index contributed by atoms with van der Waals surface area (Å²) >= 11 is 0. The molecular weight excluding hydrogens is 253 g/mol. The van der Waals surface area contributed by atoms with Crippen LogP contribution in [0.25, 0.3) is 0 Å². The maximum Gasteiger partial charge on any atom is 0.404 e. The summed E-state index contributed by atoms with van der Waals surface area (Å²) in [5.74, 6) is 0. The molecule has 19 heavy (non-hydrogen) atoms. The molecule has 0 bridgehead atoms. The van der Waals surface area contributed by atoms with E-state index in [4.69, 9.17) is 5.73 Å². The van der Waals surface area contributed by atoms with Gasteiger partial charge in [-0.25, -0.2) is 0 Å². The molecule has 2 N–H and O–H groups in total. The number of nitrogens with two attached hydrogens (primary N) is 1. The summed E-state index contributed by atoms with van der Waals surface area (Å²) in [4.78, 5) is 1.57. The Morgan fingerprint density at radius 2 is 1.95 bits per heavy atom. The van der Waals surface area contributed by atoms with Crippen molar-refractivity contribution >= 4 is 0 Å². The second kappa shape index (κ2) is 5.92. The highest BCUT2D eigenvalue weighted by Gasteiger charge is 2.46. The van der Waals surface area contributed by atoms with Crippen molar-refractivity contribution < 1.29 is 13.2 Å². The van der Waals surface area contributed by atoms with Crippen LogP contribution in [0.4, 0.5) is 13.2 Å². The second-order valence-corrected chi connectivity index (χ2v) is 4.94. The third kappa shape index (κ3) is 3.28. The summed E-state index contributed by atoms with van der Waals surface area (Å²) in [7, 11) is 0. The highest BCUT2D eigenvalue weighted by Crippen LogP contribution is 2.39. The minimum atomic E-state index is -4.21. The van der Waals surface area contributed by atoms with Gasteiger partial charge in [-0.3, -0.25) is 4.90 Å². The number of alkyl halides is 3. The third-order valence-corrected chi connectivity index (χ3v) is 3.70. The lowest BCUT2D eigenvalue weighted by Crippen LogP contribution is -2.46. The van der Waals surface area contributed by atoms with Crippen molar-refractivity contribution in [3.8, 4) is 0 Å². The molecule has 1 fully saturated rings. The highest BCUT2D eigenvalue weighted by molar-refractivity contribution is 5.20. The fraction of sp³-hybridized carbons (Fsp3) is 0.571. The molecule has 2 nitrogen and oxygen atoms in total. The van der Waals surface area contributed by atoms with Crippen molar-refractivity contribution in [1.82, 2.24) is 4.90 Å². The fourth-order valence-electron chi connectivity index (χ4n) is 2.87. The van der Waals surface area contributed by atoms with Gasteiger partial charge in [-0.2, -0.15) is 13.2 Å². The summed E-state index contributed by atoms with van der Waals surface area (Å²) in [5.41, 5.74) is 6.32. The molecule has 0 radical (unpaired) electrons. The molecular formula is C14H19F3N2. The van der Waals surface area contributed by atoms with Gasteiger partial charge < -0.3 is 5.73 Å². The van der Waals surface area contributed by atoms with E-state index in [0.717, 1.165) is 18.4 Å². The Morgan fingerprint density at radius 1 is 1.26 bits per heavy atom. The molecule has 1 aromatic rings. The van der Waals surface area contributed by atoms with E-state index in [-0.39, 0.29) is 19.0 Å². The molecule has 1 aliphatic rings. The first-order valence-corrected chi connectivity index (χ1v) is 6.61. The van der Waals surface area contributed by atoms with Gasteiger partial charge >= 0.3 is 6.18 Å². The number of halogens is 3. The molecule has 0 saturated carbocycles. The predicted molar refractivity (Wildman–Crippen MR) is 68.6 cm³/mol. The van der Waals surface area contributed by atoms with E-state index in [1.807, 2.05) is 30.3 Å². The first-order chi connectivity index (χ1) is 9.04. The normalized spacial score (nSPS) is 22.6. The molecule has 1 saturated heterocycles. The van der Waals surface area contributed by atoms with Gasteiger partial charge in [0.2, 0.25) is 0 Å². The van der Waals surface area contributed by atoms with Crippen LogP contribution in [-0.4, -0.2) is 30.2 Å². The van der Waals surface area contributed by atoms with E-state index < -0.39 is 12.2 Å². The fourth-order valence-corrected chi connectivity index (χ4v) is 2.87. The van der Waals surface area contributed by atoms with Crippen LogP contribution in [0.3, 0.4) is 0 Å². The van der Waals surface area contributed by atoms with Crippen LogP contribution in [-0.2, 0) is 0 Å². The summed E-state index contributed by atoms with van der Waals surface area (Å²) in [6, 6.07) is 7.86. The lowest BCUT2D eigenvalue weighted by atomic mass is 10.0. The highest BCUT2D eigenvalue weighted by atomic mass is 19.4. The summed E-state index contributed by atoms with van der Waals surface area (Å²) in [6.45, 7) is 0.548. The Balaban J connectivity index is 2.21. The van der Waals surface area contributed by atoms with Gasteiger partial charge in [-0.1, -0.05) is 30.3 Å². The van der Waals surface area contributed by atoms with E-state index in [2.05, 4.69) is 0 Å². The quantitative estimate of drug-likeness (QED) is 0.912. The van der Waals surface area contributed by atoms with Crippen LogP contribution in [0.15, 0.2) is 30.3 Å². The van der Waals surface area contributed by atoms with Crippen LogP contribution in [0.5, 0.6) is 0 Å². The standard InChI is InChI=1S/C14H19F3N2/c15-14(16,17)13(8-9-18)19-10-4-7-12(19)11-5-2-1-3-6-11/h1-3,5-6,12-13H,4,7-10,18H2. The van der Waals surface area contributed by atoms with Gasteiger partial charge in [0, 0.05) is 6.04 Å². The molecule has 1 aromatic carbocycles. The van der Waals surface area contributed by atoms with E-state index in [0.29, 0.717) is 6.54 Å². The van der Waals surface area contributed by atoms with Gasteiger partial charge in [-0.15, -0.1) is 0 Å². The largest absolute Gasteiger partial charge is 0.404 e. The lowest BCUT2D eigenvalue weighted by molar-refractivity contribution is -0.187. The smallest absolute Gasteiger partial charge is 0.330 e. The van der Waals surface area contributed by atoms with Crippen molar-refractivity contribution in [2.24, 2.45) is 5.73 Å². The SMILES string of the molecule is NCCC(N1CCCC1c1ccccc1)C(F)(F)F. The summed E-state index contributed by atoms with van der Waals surface area (Å²) < 4.78 is 39.5. The molecule has 2 atom stereocenters. The zero-order valence-electron chi connectivity index (χ0n) is 10.7. The van der Waals surface area contributed by atoms with E-state index in [1.54, 1.807) is 4.90 Å². The predicted octanol–water partition coefficient (Wildman–Crippen LogP) is 3.10. The van der Waals surface area contributed by atoms with Gasteiger partial charge in [-0.05, 0) is 37.9 Å². The summed E-state index contributed by atoms with van der Waals surface area (Å²) in [6.07, 6.45) is -2.67. The monoisotopic (exact) mass is 272 g/mol. The lowest BCUT2D eigenvalue weighted by Gasteiger charge is -2.34. The van der Waals surface area contributed by atoms with Crippen molar-refractivity contribution in [1.29, 1.82) is 0 Å². The molecule has 106 valence electrons. The topological polar surface area (TPSA) is 29.3 Å². The number of hydrogen-bond donors (Lipinski definition) is 1. The first-order valence-electron chi connectivity index (χ1n) is 6.61. The van der Waals surface area contributed by atoms with Crippen molar-refractivity contribution in [3.63, 3.8) is 0 Å². The molecule has 2 rings (SSSR count). The average Bonchev–Trinajstić information content (AvgIpc) is 2.84. The van der Waals surface area contributed by atoms with Crippen LogP contribution >= 0.6 is 0 Å². The van der Waals surface area contributed by atoms with Crippen molar-refractivity contribution in [2.45, 2.75) is 37.5 Å². The first kappa shape index (κ1) is 14.3. The molecule has 0 aliphatic carbocycles. The molecule has 0 spiro atoms. The minimum Gasteiger partial charge on any atom is -0.330 e. The Hall–Kier alpha value is -1.07. The van der Waals surface area contributed by atoms with Gasteiger partial charge in [0.15, 0.2) is 0 Å². The minimum absolute atomic E-state index is 0.0349. The Bertz CT molecular complexity index is 391. The van der Waals surface area contributed by atoms with Crippen LogP contribution in [0.2, 0.25) is 0 Å². The number of likely N-dealkylation sites (tertiary alicyclic amines) is 1. The molecule has 1 heterocycles. The zero-order chi connectivity index (χ0) is 13.9. The van der Waals surface area contributed by atoms with Crippen LogP contribution in [0.1, 0.15) is 30.9 Å². The molecule has 0 aromatic heterocycles. The van der Waals surface area contributed by atoms with Gasteiger partial charge in [0.1, 0.15) is 6.04 Å². The number of rotatable bonds is 4. The Kier molecular flexibility index (Phi) is 4.47. The van der Waals surface area contributed by atoms with Gasteiger partial charge in [0.25, 0.3) is 0 Å². The van der Waals surface area contributed by atoms with Crippen molar-refractivity contribution in [2.75, 3.05) is 13.1 Å². The van der Waals surface area contributed by atoms with Crippen LogP contribution in [0, 0.1) is 0 Å². The Morgan fingerprint density at radius 3 is 2.53 bits per heavy atom. The van der Waals surface area contributed by atoms with E-state index >= 15 is 0 Å². The number of nitrogens with zero attached hydrogens (tertiary/aromatic N) is 1. The maximum atomic E-state index is 13.2. The molecule has 2 unspecified atom stereocenters. The third-order valence-electron chi connectivity index (χ3n) is 3.70. The maximum absolute atomic E-state index is 13.2. The molecule has 0 amide bonds. The van der Waals surface area contributed by atoms with Gasteiger partial charge in [0.05, 0.1) is 0 Å². The second-order valence-electron chi connectivity index (χ2n) is 4.94. The van der Waals surface area contributed by atoms with Crippen molar-refractivity contribution in [3.05, 3.63) is 35.9 Å². The summed E-state index contributed by atoms with van der Waals surface area (Å²) in [5, 5.41) is 0. The van der Waals surface area contributed by atoms with E-state index in [1.165, 1.54) is 0 Å². The number of hydrogen-bond acceptors (Lipinski definition) is 2. The average molecular weight is 272 g/mol. The van der Waals surface area contributed by atoms with Crippen LogP contribution < -0.4 is 5.73 Å². The Labute approximate surface area is 111 Å².